The van der Waals surface area contributed by atoms with Crippen molar-refractivity contribution in [1.82, 2.24) is 0 Å². The average molecular weight is 234 g/mol. The van der Waals surface area contributed by atoms with Crippen molar-refractivity contribution in [3.05, 3.63) is 36.1 Å². The molecule has 1 aromatic rings. The summed E-state index contributed by atoms with van der Waals surface area (Å²) in [7, 11) is 0. The summed E-state index contributed by atoms with van der Waals surface area (Å²) >= 11 is 0. The van der Waals surface area contributed by atoms with Gasteiger partial charge < -0.3 is 15.7 Å². The number of carbonyl (C=O) groups is 2. The summed E-state index contributed by atoms with van der Waals surface area (Å²) in [4.78, 5) is 22.0. The van der Waals surface area contributed by atoms with Crippen LogP contribution in [0.3, 0.4) is 0 Å². The molecular formula is C12H14N2O3. The van der Waals surface area contributed by atoms with E-state index in [1.807, 2.05) is 0 Å². The summed E-state index contributed by atoms with van der Waals surface area (Å²) in [5.41, 5.74) is 1.24. The van der Waals surface area contributed by atoms with E-state index in [2.05, 4.69) is 10.6 Å². The van der Waals surface area contributed by atoms with Crippen molar-refractivity contribution in [2.45, 2.75) is 13.8 Å². The van der Waals surface area contributed by atoms with Gasteiger partial charge in [0.05, 0.1) is 5.76 Å². The predicted molar refractivity (Wildman–Crippen MR) is 65.8 cm³/mol. The third-order valence-corrected chi connectivity index (χ3v) is 1.81. The second-order valence-electron chi connectivity index (χ2n) is 3.53. The molecule has 90 valence electrons. The highest BCUT2D eigenvalue weighted by Crippen LogP contribution is 2.13. The first-order valence-corrected chi connectivity index (χ1v) is 5.03. The number of nitrogens with one attached hydrogen (secondary N) is 2. The van der Waals surface area contributed by atoms with Crippen LogP contribution in [0.2, 0.25) is 0 Å². The number of aliphatic hydroxyl groups is 1. The van der Waals surface area contributed by atoms with Gasteiger partial charge in [-0.15, -0.1) is 0 Å². The summed E-state index contributed by atoms with van der Waals surface area (Å²) in [6.45, 7) is 2.84. The summed E-state index contributed by atoms with van der Waals surface area (Å²) in [6, 6.07) is 6.66. The van der Waals surface area contributed by atoms with Gasteiger partial charge >= 0.3 is 0 Å². The molecule has 2 amide bonds. The normalized spacial score (nSPS) is 10.8. The standard InChI is InChI=1S/C12H14N2O3/c1-8(15)7-12(17)14-11-5-3-10(4-6-11)13-9(2)16/h3-7,15H,1-2H3,(H,13,16)(H,14,17)/b8-7-. The number of aliphatic hydroxyl groups excluding tert-OH is 1. The Balaban J connectivity index is 2.65. The van der Waals surface area contributed by atoms with E-state index in [0.717, 1.165) is 6.08 Å². The summed E-state index contributed by atoms with van der Waals surface area (Å²) < 4.78 is 0. The Hall–Kier alpha value is -2.30. The van der Waals surface area contributed by atoms with Crippen molar-refractivity contribution in [1.29, 1.82) is 0 Å². The van der Waals surface area contributed by atoms with Crippen molar-refractivity contribution < 1.29 is 14.7 Å². The number of rotatable bonds is 3. The van der Waals surface area contributed by atoms with Gasteiger partial charge in [0.2, 0.25) is 5.91 Å². The molecule has 0 fully saturated rings. The van der Waals surface area contributed by atoms with Gasteiger partial charge in [0, 0.05) is 24.4 Å². The zero-order valence-electron chi connectivity index (χ0n) is 9.65. The highest BCUT2D eigenvalue weighted by molar-refractivity contribution is 5.99. The number of anilines is 2. The minimum absolute atomic E-state index is 0.0580. The van der Waals surface area contributed by atoms with E-state index in [4.69, 9.17) is 5.11 Å². The molecule has 17 heavy (non-hydrogen) atoms. The first-order chi connectivity index (χ1) is 7.97. The predicted octanol–water partition coefficient (Wildman–Crippen LogP) is 2.05. The maximum atomic E-state index is 11.3. The molecule has 0 saturated carbocycles. The quantitative estimate of drug-likeness (QED) is 0.553. The fourth-order valence-corrected chi connectivity index (χ4v) is 1.21. The summed E-state index contributed by atoms with van der Waals surface area (Å²) in [5, 5.41) is 14.1. The number of benzene rings is 1. The molecule has 0 aliphatic rings. The lowest BCUT2D eigenvalue weighted by atomic mass is 10.2. The number of hydrogen-bond acceptors (Lipinski definition) is 3. The molecule has 0 unspecified atom stereocenters. The molecule has 1 aromatic carbocycles. The van der Waals surface area contributed by atoms with Crippen LogP contribution in [-0.4, -0.2) is 16.9 Å². The summed E-state index contributed by atoms with van der Waals surface area (Å²) in [6.07, 6.45) is 1.09. The maximum absolute atomic E-state index is 11.3. The van der Waals surface area contributed by atoms with Crippen molar-refractivity contribution in [3.63, 3.8) is 0 Å². The van der Waals surface area contributed by atoms with Crippen molar-refractivity contribution >= 4 is 23.2 Å². The Morgan fingerprint density at radius 2 is 1.53 bits per heavy atom. The second kappa shape index (κ2) is 5.69. The Kier molecular flexibility index (Phi) is 4.28. The van der Waals surface area contributed by atoms with Crippen LogP contribution < -0.4 is 10.6 Å². The lowest BCUT2D eigenvalue weighted by Crippen LogP contribution is -2.09. The highest BCUT2D eigenvalue weighted by atomic mass is 16.3. The van der Waals surface area contributed by atoms with E-state index < -0.39 is 5.91 Å². The van der Waals surface area contributed by atoms with Crippen LogP contribution in [0, 0.1) is 0 Å². The van der Waals surface area contributed by atoms with Crippen LogP contribution in [-0.2, 0) is 9.59 Å². The van der Waals surface area contributed by atoms with Crippen molar-refractivity contribution in [2.24, 2.45) is 0 Å². The molecule has 0 aromatic heterocycles. The molecule has 0 radical (unpaired) electrons. The van der Waals surface area contributed by atoms with Crippen molar-refractivity contribution in [2.75, 3.05) is 10.6 Å². The van der Waals surface area contributed by atoms with Crippen LogP contribution in [0.5, 0.6) is 0 Å². The van der Waals surface area contributed by atoms with Crippen molar-refractivity contribution in [3.8, 4) is 0 Å². The molecule has 0 heterocycles. The van der Waals surface area contributed by atoms with Gasteiger partial charge in [-0.2, -0.15) is 0 Å². The molecule has 0 atom stereocenters. The molecule has 5 heteroatoms. The Labute approximate surface area is 99.1 Å². The van der Waals surface area contributed by atoms with Gasteiger partial charge in [0.25, 0.3) is 5.91 Å². The van der Waals surface area contributed by atoms with Gasteiger partial charge in [0.1, 0.15) is 0 Å². The molecule has 1 rings (SSSR count). The molecule has 3 N–H and O–H groups in total. The second-order valence-corrected chi connectivity index (χ2v) is 3.53. The van der Waals surface area contributed by atoms with Gasteiger partial charge in [0.15, 0.2) is 0 Å². The topological polar surface area (TPSA) is 78.4 Å². The van der Waals surface area contributed by atoms with Crippen LogP contribution >= 0.6 is 0 Å². The van der Waals surface area contributed by atoms with Gasteiger partial charge in [-0.3, -0.25) is 9.59 Å². The lowest BCUT2D eigenvalue weighted by molar-refractivity contribution is -0.114. The van der Waals surface area contributed by atoms with E-state index >= 15 is 0 Å². The summed E-state index contributed by atoms with van der Waals surface area (Å²) in [5.74, 6) is -0.615. The van der Waals surface area contributed by atoms with Gasteiger partial charge in [-0.05, 0) is 31.2 Å². The molecule has 0 spiro atoms. The zero-order valence-corrected chi connectivity index (χ0v) is 9.65. The minimum Gasteiger partial charge on any atom is -0.512 e. The highest BCUT2D eigenvalue weighted by Gasteiger charge is 2.00. The van der Waals surface area contributed by atoms with E-state index in [9.17, 15) is 9.59 Å². The van der Waals surface area contributed by atoms with Crippen LogP contribution in [0.4, 0.5) is 11.4 Å². The number of hydrogen-bond donors (Lipinski definition) is 3. The first kappa shape index (κ1) is 12.8. The molecule has 0 bridgehead atoms. The first-order valence-electron chi connectivity index (χ1n) is 5.03. The minimum atomic E-state index is -0.405. The van der Waals surface area contributed by atoms with Gasteiger partial charge in [-0.25, -0.2) is 0 Å². The third kappa shape index (κ3) is 4.83. The fraction of sp³-hybridized carbons (Fsp3) is 0.167. The Morgan fingerprint density at radius 1 is 1.06 bits per heavy atom. The number of amides is 2. The SMILES string of the molecule is CC(=O)Nc1ccc(NC(=O)/C=C(/C)O)cc1. The van der Waals surface area contributed by atoms with E-state index in [0.29, 0.717) is 11.4 Å². The Morgan fingerprint density at radius 3 is 1.94 bits per heavy atom. The van der Waals surface area contributed by atoms with Crippen LogP contribution in [0.25, 0.3) is 0 Å². The number of allylic oxidation sites excluding steroid dienone is 1. The third-order valence-electron chi connectivity index (χ3n) is 1.81. The number of carbonyl (C=O) groups excluding carboxylic acids is 2. The van der Waals surface area contributed by atoms with Gasteiger partial charge in [-0.1, -0.05) is 0 Å². The smallest absolute Gasteiger partial charge is 0.251 e. The fourth-order valence-electron chi connectivity index (χ4n) is 1.21. The molecule has 0 aliphatic heterocycles. The zero-order chi connectivity index (χ0) is 12.8. The van der Waals surface area contributed by atoms with E-state index in [1.165, 1.54) is 13.8 Å². The molecule has 0 saturated heterocycles. The Bertz CT molecular complexity index is 445. The molecular weight excluding hydrogens is 220 g/mol. The molecule has 5 nitrogen and oxygen atoms in total. The van der Waals surface area contributed by atoms with Crippen LogP contribution in [0.1, 0.15) is 13.8 Å². The monoisotopic (exact) mass is 234 g/mol. The average Bonchev–Trinajstić information content (AvgIpc) is 2.18. The van der Waals surface area contributed by atoms with Crippen LogP contribution in [0.15, 0.2) is 36.1 Å². The largest absolute Gasteiger partial charge is 0.512 e. The lowest BCUT2D eigenvalue weighted by Gasteiger charge is -2.05. The molecule has 0 aliphatic carbocycles. The van der Waals surface area contributed by atoms with E-state index in [1.54, 1.807) is 24.3 Å². The maximum Gasteiger partial charge on any atom is 0.251 e. The van der Waals surface area contributed by atoms with E-state index in [-0.39, 0.29) is 11.7 Å².